The molecule has 1 aliphatic heterocycles. The maximum Gasteiger partial charge on any atom is 0.289 e. The average Bonchev–Trinajstić information content (AvgIpc) is 3.63. The zero-order valence-electron chi connectivity index (χ0n) is 19.0. The summed E-state index contributed by atoms with van der Waals surface area (Å²) in [4.78, 5) is 52.1. The molecule has 1 heterocycles. The fraction of sp³-hybridized carbons (Fsp3) is 0.739. The summed E-state index contributed by atoms with van der Waals surface area (Å²) in [6.45, 7) is 8.47. The summed E-state index contributed by atoms with van der Waals surface area (Å²) in [5.41, 5.74) is 7.33. The third kappa shape index (κ3) is 5.93. The van der Waals surface area contributed by atoms with Gasteiger partial charge in [0, 0.05) is 13.1 Å². The van der Waals surface area contributed by atoms with Gasteiger partial charge < -0.3 is 21.3 Å². The molecule has 8 heteroatoms. The van der Waals surface area contributed by atoms with Crippen LogP contribution in [0.25, 0.3) is 0 Å². The van der Waals surface area contributed by atoms with E-state index in [0.29, 0.717) is 31.3 Å². The van der Waals surface area contributed by atoms with E-state index in [1.807, 2.05) is 13.8 Å². The van der Waals surface area contributed by atoms with Gasteiger partial charge in [0.25, 0.3) is 5.91 Å². The van der Waals surface area contributed by atoms with Crippen molar-refractivity contribution >= 4 is 23.5 Å². The molecule has 0 aromatic carbocycles. The van der Waals surface area contributed by atoms with E-state index in [2.05, 4.69) is 23.6 Å². The van der Waals surface area contributed by atoms with Crippen LogP contribution in [-0.2, 0) is 19.2 Å². The maximum absolute atomic E-state index is 13.1. The highest BCUT2D eigenvalue weighted by atomic mass is 16.2. The SMILES string of the molecule is CC(C)=C[C@@H]1C[C@@H](C(=O)N[C@@H](C)C(=O)C(=O)NCC2CC2)N(C(=O)[C@@H](N)C2CC2C)C1. The molecule has 3 fully saturated rings. The number of carbonyl (C=O) groups is 4. The molecule has 2 saturated carbocycles. The highest BCUT2D eigenvalue weighted by molar-refractivity contribution is 6.38. The summed E-state index contributed by atoms with van der Waals surface area (Å²) in [5.74, 6) is -0.860. The Morgan fingerprint density at radius 1 is 1.16 bits per heavy atom. The van der Waals surface area contributed by atoms with Gasteiger partial charge in [-0.25, -0.2) is 0 Å². The number of nitrogens with two attached hydrogens (primary N) is 1. The van der Waals surface area contributed by atoms with Crippen molar-refractivity contribution in [3.05, 3.63) is 11.6 Å². The fourth-order valence-corrected chi connectivity index (χ4v) is 4.40. The summed E-state index contributed by atoms with van der Waals surface area (Å²) in [7, 11) is 0. The zero-order chi connectivity index (χ0) is 22.9. The minimum absolute atomic E-state index is 0.0568. The van der Waals surface area contributed by atoms with Crippen LogP contribution in [0.2, 0.25) is 0 Å². The molecule has 4 N–H and O–H groups in total. The number of nitrogens with zero attached hydrogens (tertiary/aromatic N) is 1. The van der Waals surface area contributed by atoms with Crippen molar-refractivity contribution in [3.8, 4) is 0 Å². The van der Waals surface area contributed by atoms with E-state index in [0.717, 1.165) is 24.8 Å². The first-order chi connectivity index (χ1) is 14.6. The van der Waals surface area contributed by atoms with Gasteiger partial charge in [-0.15, -0.1) is 0 Å². The van der Waals surface area contributed by atoms with E-state index in [1.165, 1.54) is 6.92 Å². The molecule has 0 bridgehead atoms. The Morgan fingerprint density at radius 2 is 1.81 bits per heavy atom. The maximum atomic E-state index is 13.1. The minimum Gasteiger partial charge on any atom is -0.349 e. The number of nitrogens with one attached hydrogen (secondary N) is 2. The van der Waals surface area contributed by atoms with Crippen LogP contribution in [0.4, 0.5) is 0 Å². The summed E-state index contributed by atoms with van der Waals surface area (Å²) < 4.78 is 0. The molecule has 172 valence electrons. The number of amides is 3. The second-order valence-electron chi connectivity index (χ2n) is 9.90. The van der Waals surface area contributed by atoms with Crippen molar-refractivity contribution in [2.24, 2.45) is 29.4 Å². The second-order valence-corrected chi connectivity index (χ2v) is 9.90. The highest BCUT2D eigenvalue weighted by Gasteiger charge is 2.47. The van der Waals surface area contributed by atoms with E-state index in [1.54, 1.807) is 4.90 Å². The van der Waals surface area contributed by atoms with E-state index < -0.39 is 35.7 Å². The van der Waals surface area contributed by atoms with Gasteiger partial charge in [0.1, 0.15) is 6.04 Å². The fourth-order valence-electron chi connectivity index (χ4n) is 4.40. The summed E-state index contributed by atoms with van der Waals surface area (Å²) in [6.07, 6.45) is 5.61. The minimum atomic E-state index is -0.955. The molecule has 8 nitrogen and oxygen atoms in total. The largest absolute Gasteiger partial charge is 0.349 e. The van der Waals surface area contributed by atoms with Crippen molar-refractivity contribution in [2.75, 3.05) is 13.1 Å². The number of rotatable bonds is 9. The molecular formula is C23H36N4O4. The molecule has 3 aliphatic rings. The highest BCUT2D eigenvalue weighted by Crippen LogP contribution is 2.41. The van der Waals surface area contributed by atoms with Crippen molar-refractivity contribution in [3.63, 3.8) is 0 Å². The van der Waals surface area contributed by atoms with E-state index >= 15 is 0 Å². The van der Waals surface area contributed by atoms with Crippen molar-refractivity contribution in [1.82, 2.24) is 15.5 Å². The van der Waals surface area contributed by atoms with Crippen LogP contribution in [0, 0.1) is 23.7 Å². The Bertz CT molecular complexity index is 772. The lowest BCUT2D eigenvalue weighted by molar-refractivity contribution is -0.142. The normalized spacial score (nSPS) is 29.0. The Morgan fingerprint density at radius 3 is 2.35 bits per heavy atom. The van der Waals surface area contributed by atoms with E-state index in [4.69, 9.17) is 5.73 Å². The topological polar surface area (TPSA) is 122 Å². The average molecular weight is 433 g/mol. The van der Waals surface area contributed by atoms with Gasteiger partial charge in [0.05, 0.1) is 12.1 Å². The van der Waals surface area contributed by atoms with Crippen molar-refractivity contribution < 1.29 is 19.2 Å². The number of ketones is 1. The molecule has 3 amide bonds. The number of carbonyl (C=O) groups excluding carboxylic acids is 4. The van der Waals surface area contributed by atoms with Gasteiger partial charge in [-0.05, 0) is 70.1 Å². The van der Waals surface area contributed by atoms with Gasteiger partial charge in [0.15, 0.2) is 0 Å². The van der Waals surface area contributed by atoms with Gasteiger partial charge >= 0.3 is 0 Å². The van der Waals surface area contributed by atoms with Crippen LogP contribution in [0.3, 0.4) is 0 Å². The second kappa shape index (κ2) is 9.51. The number of Topliss-reactive ketones (excluding diaryl/α,β-unsaturated/α-hetero) is 1. The lowest BCUT2D eigenvalue weighted by Crippen LogP contribution is -2.55. The molecule has 0 spiro atoms. The molecule has 0 aromatic heterocycles. The quantitative estimate of drug-likeness (QED) is 0.367. The Balaban J connectivity index is 1.63. The molecule has 6 atom stereocenters. The van der Waals surface area contributed by atoms with Crippen molar-refractivity contribution in [2.45, 2.75) is 71.5 Å². The van der Waals surface area contributed by atoms with Gasteiger partial charge in [-0.3, -0.25) is 19.2 Å². The molecule has 2 unspecified atom stereocenters. The molecular weight excluding hydrogens is 396 g/mol. The summed E-state index contributed by atoms with van der Waals surface area (Å²) in [6, 6.07) is -2.26. The lowest BCUT2D eigenvalue weighted by atomic mass is 10.0. The smallest absolute Gasteiger partial charge is 0.289 e. The Labute approximate surface area is 184 Å². The molecule has 0 aromatic rings. The van der Waals surface area contributed by atoms with Gasteiger partial charge in [-0.1, -0.05) is 18.6 Å². The first-order valence-corrected chi connectivity index (χ1v) is 11.4. The summed E-state index contributed by atoms with van der Waals surface area (Å²) in [5, 5.41) is 5.29. The molecule has 0 radical (unpaired) electrons. The zero-order valence-corrected chi connectivity index (χ0v) is 19.0. The Hall–Kier alpha value is -2.22. The number of likely N-dealkylation sites (tertiary alicyclic amines) is 1. The standard InChI is InChI=1S/C23H36N4O4/c1-12(2)7-16-9-18(27(11-16)23(31)19(24)17-8-13(17)3)21(29)26-14(4)20(28)22(30)25-10-15-5-6-15/h7,13-19H,5-6,8-11,24H2,1-4H3,(H,25,30)(H,26,29)/t13?,14-,16+,17?,18-,19-/m0/s1. The van der Waals surface area contributed by atoms with Gasteiger partial charge in [0.2, 0.25) is 17.6 Å². The first kappa shape index (κ1) is 23.4. The number of hydrogen-bond acceptors (Lipinski definition) is 5. The number of hydrogen-bond donors (Lipinski definition) is 3. The monoisotopic (exact) mass is 432 g/mol. The molecule has 3 rings (SSSR count). The molecule has 31 heavy (non-hydrogen) atoms. The van der Waals surface area contributed by atoms with Crippen LogP contribution >= 0.6 is 0 Å². The van der Waals surface area contributed by atoms with E-state index in [9.17, 15) is 19.2 Å². The van der Waals surface area contributed by atoms with Crippen molar-refractivity contribution in [1.29, 1.82) is 0 Å². The van der Waals surface area contributed by atoms with E-state index in [-0.39, 0.29) is 17.7 Å². The Kier molecular flexibility index (Phi) is 7.19. The van der Waals surface area contributed by atoms with Crippen LogP contribution in [0.5, 0.6) is 0 Å². The molecule has 2 aliphatic carbocycles. The molecule has 1 saturated heterocycles. The van der Waals surface area contributed by atoms with Crippen LogP contribution in [0.1, 0.15) is 53.4 Å². The predicted octanol–water partition coefficient (Wildman–Crippen LogP) is 0.753. The third-order valence-electron chi connectivity index (χ3n) is 6.63. The van der Waals surface area contributed by atoms with Crippen LogP contribution in [-0.4, -0.2) is 59.6 Å². The summed E-state index contributed by atoms with van der Waals surface area (Å²) >= 11 is 0. The van der Waals surface area contributed by atoms with Crippen LogP contribution < -0.4 is 16.4 Å². The third-order valence-corrected chi connectivity index (χ3v) is 6.63. The van der Waals surface area contributed by atoms with Gasteiger partial charge in [-0.2, -0.15) is 0 Å². The first-order valence-electron chi connectivity index (χ1n) is 11.4. The predicted molar refractivity (Wildman–Crippen MR) is 117 cm³/mol. The number of allylic oxidation sites excluding steroid dienone is 1. The van der Waals surface area contributed by atoms with Crippen LogP contribution in [0.15, 0.2) is 11.6 Å². The lowest BCUT2D eigenvalue weighted by Gasteiger charge is -2.27.